The molecule has 0 aromatic heterocycles. The van der Waals surface area contributed by atoms with E-state index in [4.69, 9.17) is 23.0 Å². The van der Waals surface area contributed by atoms with E-state index >= 15 is 0 Å². The van der Waals surface area contributed by atoms with E-state index in [1.54, 1.807) is 54.5 Å². The molecule has 1 aliphatic carbocycles. The minimum atomic E-state index is -4.59. The fraction of sp³-hybridized carbons (Fsp3) is 0.618. The summed E-state index contributed by atoms with van der Waals surface area (Å²) in [6.07, 6.45) is -0.241. The second-order valence-corrected chi connectivity index (χ2v) is 15.6. The van der Waals surface area contributed by atoms with Crippen molar-refractivity contribution in [2.75, 3.05) is 19.8 Å². The van der Waals surface area contributed by atoms with Crippen molar-refractivity contribution in [1.82, 2.24) is 0 Å². The van der Waals surface area contributed by atoms with Crippen molar-refractivity contribution in [1.29, 1.82) is 0 Å². The molecule has 0 bridgehead atoms. The van der Waals surface area contributed by atoms with Crippen LogP contribution in [0.15, 0.2) is 47.5 Å². The van der Waals surface area contributed by atoms with Crippen molar-refractivity contribution in [3.05, 3.63) is 64.7 Å². The Bertz CT molecular complexity index is 1360. The number of benzene rings is 2. The molecule has 1 fully saturated rings. The van der Waals surface area contributed by atoms with Gasteiger partial charge in [-0.3, -0.25) is 13.6 Å². The first-order chi connectivity index (χ1) is 20.8. The summed E-state index contributed by atoms with van der Waals surface area (Å²) in [5, 5.41) is 0. The molecule has 2 aliphatic rings. The second kappa shape index (κ2) is 13.8. The lowest BCUT2D eigenvalue weighted by Gasteiger charge is -2.33. The van der Waals surface area contributed by atoms with Gasteiger partial charge in [0.05, 0.1) is 30.0 Å². The van der Waals surface area contributed by atoms with Crippen LogP contribution in [0.5, 0.6) is 5.75 Å². The molecule has 2 aromatic rings. The van der Waals surface area contributed by atoms with Crippen LogP contribution in [-0.2, 0) is 41.9 Å². The highest BCUT2D eigenvalue weighted by molar-refractivity contribution is 7.48. The third kappa shape index (κ3) is 11.1. The summed E-state index contributed by atoms with van der Waals surface area (Å²) in [6, 6.07) is 12.6. The van der Waals surface area contributed by atoms with Crippen LogP contribution >= 0.6 is 7.82 Å². The van der Waals surface area contributed by atoms with E-state index < -0.39 is 36.3 Å². The molecule has 45 heavy (non-hydrogen) atoms. The van der Waals surface area contributed by atoms with Gasteiger partial charge >= 0.3 is 14.0 Å². The van der Waals surface area contributed by atoms with Gasteiger partial charge in [0.15, 0.2) is 5.90 Å². The monoisotopic (exact) mass is 653 g/mol. The zero-order chi connectivity index (χ0) is 33.1. The number of ether oxygens (including phenoxy) is 2. The number of nitrogens with zero attached hydrogens (tertiary/aromatic N) is 1. The predicted molar refractivity (Wildman–Crippen MR) is 169 cm³/mol. The Labute approximate surface area is 265 Å². The zero-order valence-electron chi connectivity index (χ0n) is 27.5. The number of phosphoric ester groups is 1. The van der Waals surface area contributed by atoms with E-state index in [0.717, 1.165) is 18.1 Å². The number of aliphatic imine (C=N–C) groups is 1. The average Bonchev–Trinajstić information content (AvgIpc) is 3.69. The number of rotatable bonds is 14. The molecular weight excluding hydrogens is 606 g/mol. The Balaban J connectivity index is 1.40. The van der Waals surface area contributed by atoms with E-state index in [1.165, 1.54) is 24.5 Å². The van der Waals surface area contributed by atoms with Crippen LogP contribution in [0, 0.1) is 0 Å². The normalized spacial score (nSPS) is 19.4. The molecule has 2 aromatic carbocycles. The van der Waals surface area contributed by atoms with Crippen molar-refractivity contribution >= 4 is 13.7 Å². The Kier molecular flexibility index (Phi) is 10.8. The first kappa shape index (κ1) is 35.5. The molecule has 1 aliphatic heterocycles. The summed E-state index contributed by atoms with van der Waals surface area (Å²) in [6.45, 7) is 12.3. The van der Waals surface area contributed by atoms with Gasteiger partial charge in [-0.05, 0) is 115 Å². The molecule has 7 nitrogen and oxygen atoms in total. The number of alkyl halides is 3. The van der Waals surface area contributed by atoms with Crippen LogP contribution in [0.25, 0.3) is 0 Å². The van der Waals surface area contributed by atoms with E-state index in [2.05, 4.69) is 29.3 Å². The van der Waals surface area contributed by atoms with Gasteiger partial charge in [0.25, 0.3) is 0 Å². The van der Waals surface area contributed by atoms with Gasteiger partial charge in [0, 0.05) is 6.92 Å². The van der Waals surface area contributed by atoms with Crippen molar-refractivity contribution < 1.29 is 40.8 Å². The Hall–Kier alpha value is -2.39. The van der Waals surface area contributed by atoms with Crippen LogP contribution < -0.4 is 4.74 Å². The summed E-state index contributed by atoms with van der Waals surface area (Å²) < 4.78 is 84.5. The van der Waals surface area contributed by atoms with Crippen LogP contribution in [0.2, 0.25) is 0 Å². The van der Waals surface area contributed by atoms with Gasteiger partial charge in [-0.2, -0.15) is 13.2 Å². The fourth-order valence-electron chi connectivity index (χ4n) is 5.14. The Morgan fingerprint density at radius 2 is 1.56 bits per heavy atom. The number of hydrogen-bond acceptors (Lipinski definition) is 7. The predicted octanol–water partition coefficient (Wildman–Crippen LogP) is 9.47. The third-order valence-electron chi connectivity index (χ3n) is 7.33. The molecule has 0 N–H and O–H groups in total. The molecule has 11 heteroatoms. The van der Waals surface area contributed by atoms with Gasteiger partial charge in [-0.15, -0.1) is 0 Å². The zero-order valence-corrected chi connectivity index (χ0v) is 28.4. The highest BCUT2D eigenvalue weighted by Gasteiger charge is 2.43. The third-order valence-corrected chi connectivity index (χ3v) is 9.32. The average molecular weight is 654 g/mol. The maximum Gasteiger partial charge on any atom is 0.475 e. The van der Waals surface area contributed by atoms with Gasteiger partial charge in [0.2, 0.25) is 0 Å². The highest BCUT2D eigenvalue weighted by Crippen LogP contribution is 2.56. The van der Waals surface area contributed by atoms with Gasteiger partial charge < -0.3 is 9.47 Å². The fourth-order valence-corrected chi connectivity index (χ4v) is 7.02. The molecule has 0 spiro atoms. The second-order valence-electron chi connectivity index (χ2n) is 14.1. The smallest absolute Gasteiger partial charge is 0.475 e. The van der Waals surface area contributed by atoms with Crippen molar-refractivity contribution in [3.63, 3.8) is 0 Å². The van der Waals surface area contributed by atoms with Crippen LogP contribution in [0.1, 0.15) is 102 Å². The molecule has 1 heterocycles. The molecule has 0 radical (unpaired) electrons. The first-order valence-corrected chi connectivity index (χ1v) is 17.1. The van der Waals surface area contributed by atoms with Crippen molar-refractivity contribution in [2.45, 2.75) is 116 Å². The van der Waals surface area contributed by atoms with Crippen molar-refractivity contribution in [2.24, 2.45) is 4.99 Å². The van der Waals surface area contributed by atoms with E-state index in [-0.39, 0.29) is 38.4 Å². The minimum absolute atomic E-state index is 0.125. The van der Waals surface area contributed by atoms with E-state index in [0.29, 0.717) is 23.8 Å². The van der Waals surface area contributed by atoms with E-state index in [9.17, 15) is 17.7 Å². The van der Waals surface area contributed by atoms with Crippen molar-refractivity contribution in [3.8, 4) is 5.75 Å². The lowest BCUT2D eigenvalue weighted by atomic mass is 9.93. The largest absolute Gasteiger partial charge is 0.493 e. The minimum Gasteiger partial charge on any atom is -0.493 e. The molecule has 0 amide bonds. The maximum atomic E-state index is 14.1. The molecule has 1 saturated carbocycles. The lowest BCUT2D eigenvalue weighted by Crippen LogP contribution is -2.36. The molecule has 250 valence electrons. The quantitative estimate of drug-likeness (QED) is 0.149. The number of hydrogen-bond donors (Lipinski definition) is 0. The summed E-state index contributed by atoms with van der Waals surface area (Å²) in [5.41, 5.74) is -0.474. The standard InChI is InChI=1S/C34H47F3NO6P/c1-24-38-33(22-41-24,23-42-45(39,43-31(2,3)4)44-32(5,6)7)19-18-26-12-17-30(29(21-26)34(35,36)37)40-20-8-9-25-10-13-27(14-11-25)28-15-16-28/h10-14,17,21,28H,8-9,15-16,18-20,22-23H2,1-7H3. The van der Waals surface area contributed by atoms with Gasteiger partial charge in [-0.25, -0.2) is 9.56 Å². The molecule has 4 rings (SSSR count). The number of aryl methyl sites for hydroxylation is 2. The van der Waals surface area contributed by atoms with Crippen LogP contribution in [0.4, 0.5) is 13.2 Å². The Morgan fingerprint density at radius 1 is 0.933 bits per heavy atom. The topological polar surface area (TPSA) is 75.6 Å². The highest BCUT2D eigenvalue weighted by atomic mass is 31.2. The van der Waals surface area contributed by atoms with E-state index in [1.807, 2.05) is 0 Å². The van der Waals surface area contributed by atoms with Crippen LogP contribution in [0.3, 0.4) is 0 Å². The lowest BCUT2D eigenvalue weighted by molar-refractivity contribution is -0.139. The summed E-state index contributed by atoms with van der Waals surface area (Å²) >= 11 is 0. The summed E-state index contributed by atoms with van der Waals surface area (Å²) in [7, 11) is -4.04. The molecule has 0 saturated heterocycles. The van der Waals surface area contributed by atoms with Crippen LogP contribution in [-0.4, -0.2) is 42.5 Å². The SMILES string of the molecule is CC1=NC(CCc2ccc(OCCCc3ccc(C4CC4)cc3)c(C(F)(F)F)c2)(COP(=O)(OC(C)(C)C)OC(C)(C)C)CO1. The first-order valence-electron chi connectivity index (χ1n) is 15.6. The summed E-state index contributed by atoms with van der Waals surface area (Å²) in [5.74, 6) is 0.916. The molecule has 1 atom stereocenters. The van der Waals surface area contributed by atoms with Gasteiger partial charge in [0.1, 0.15) is 17.9 Å². The molecular formula is C34H47F3NO6P. The van der Waals surface area contributed by atoms with Gasteiger partial charge in [-0.1, -0.05) is 30.3 Å². The maximum absolute atomic E-state index is 14.1. The Morgan fingerprint density at radius 3 is 2.09 bits per heavy atom. The summed E-state index contributed by atoms with van der Waals surface area (Å²) in [4.78, 5) is 4.60. The number of halogens is 3. The number of phosphoric acid groups is 1. The molecule has 1 unspecified atom stereocenters.